The molecule has 1 aliphatic rings. The quantitative estimate of drug-likeness (QED) is 0.823. The maximum absolute atomic E-state index is 12.4. The largest absolute Gasteiger partial charge is 0.478 e. The van der Waals surface area contributed by atoms with Crippen LogP contribution in [0.25, 0.3) is 0 Å². The lowest BCUT2D eigenvalue weighted by Gasteiger charge is -2.16. The van der Waals surface area contributed by atoms with Crippen molar-refractivity contribution in [1.29, 1.82) is 0 Å². The topological polar surface area (TPSA) is 86.7 Å². The van der Waals surface area contributed by atoms with Gasteiger partial charge < -0.3 is 10.4 Å². The van der Waals surface area contributed by atoms with Crippen LogP contribution in [0.3, 0.4) is 0 Å². The van der Waals surface area contributed by atoms with Crippen LogP contribution < -0.4 is 5.32 Å². The number of anilines is 1. The maximum Gasteiger partial charge on any atom is 0.335 e. The van der Waals surface area contributed by atoms with Crippen molar-refractivity contribution in [2.75, 3.05) is 5.32 Å². The highest BCUT2D eigenvalue weighted by molar-refractivity contribution is 6.06. The second-order valence-corrected chi connectivity index (χ2v) is 5.59. The van der Waals surface area contributed by atoms with Gasteiger partial charge in [0.25, 0.3) is 5.91 Å². The molecule has 1 saturated heterocycles. The van der Waals surface area contributed by atoms with E-state index in [1.165, 1.54) is 17.0 Å². The van der Waals surface area contributed by atoms with Gasteiger partial charge in [0, 0.05) is 5.69 Å². The van der Waals surface area contributed by atoms with Gasteiger partial charge in [-0.25, -0.2) is 4.79 Å². The molecule has 0 aliphatic carbocycles. The molecule has 1 fully saturated rings. The van der Waals surface area contributed by atoms with Gasteiger partial charge in [0.2, 0.25) is 5.91 Å². The summed E-state index contributed by atoms with van der Waals surface area (Å²) in [6, 6.07) is 14.8. The molecule has 2 aromatic rings. The van der Waals surface area contributed by atoms with E-state index < -0.39 is 12.0 Å². The zero-order chi connectivity index (χ0) is 17.1. The van der Waals surface area contributed by atoms with Gasteiger partial charge in [0.1, 0.15) is 6.04 Å². The molecular weight excluding hydrogens is 308 g/mol. The smallest absolute Gasteiger partial charge is 0.335 e. The van der Waals surface area contributed by atoms with Gasteiger partial charge in [-0.1, -0.05) is 30.3 Å². The number of nitrogens with zero attached hydrogens (tertiary/aromatic N) is 1. The molecule has 24 heavy (non-hydrogen) atoms. The molecule has 0 saturated carbocycles. The fourth-order valence-electron chi connectivity index (χ4n) is 2.64. The van der Waals surface area contributed by atoms with Crippen molar-refractivity contribution in [2.24, 2.45) is 0 Å². The summed E-state index contributed by atoms with van der Waals surface area (Å²) in [5.74, 6) is -1.50. The molecule has 0 radical (unpaired) electrons. The summed E-state index contributed by atoms with van der Waals surface area (Å²) in [5.41, 5.74) is 1.67. The first-order valence-electron chi connectivity index (χ1n) is 7.52. The molecule has 0 aromatic heterocycles. The second-order valence-electron chi connectivity index (χ2n) is 5.59. The molecule has 122 valence electrons. The average Bonchev–Trinajstić information content (AvgIpc) is 2.84. The first-order valence-corrected chi connectivity index (χ1v) is 7.52. The Hall–Kier alpha value is -3.15. The fourth-order valence-corrected chi connectivity index (χ4v) is 2.64. The molecule has 1 aliphatic heterocycles. The van der Waals surface area contributed by atoms with E-state index in [4.69, 9.17) is 5.11 Å². The van der Waals surface area contributed by atoms with Crippen LogP contribution >= 0.6 is 0 Å². The van der Waals surface area contributed by atoms with Crippen LogP contribution in [0.5, 0.6) is 0 Å². The van der Waals surface area contributed by atoms with Crippen molar-refractivity contribution < 1.29 is 19.5 Å². The van der Waals surface area contributed by atoms with Gasteiger partial charge in [-0.3, -0.25) is 14.5 Å². The van der Waals surface area contributed by atoms with Gasteiger partial charge in [-0.2, -0.15) is 0 Å². The van der Waals surface area contributed by atoms with Crippen molar-refractivity contribution in [2.45, 2.75) is 19.0 Å². The zero-order valence-electron chi connectivity index (χ0n) is 12.8. The lowest BCUT2D eigenvalue weighted by molar-refractivity contribution is -0.139. The molecular formula is C18H16N2O4. The lowest BCUT2D eigenvalue weighted by atomic mass is 10.2. The number of rotatable bonds is 5. The number of carbonyl (C=O) groups excluding carboxylic acids is 2. The van der Waals surface area contributed by atoms with Gasteiger partial charge in [0.15, 0.2) is 0 Å². The van der Waals surface area contributed by atoms with E-state index in [2.05, 4.69) is 5.32 Å². The Kier molecular flexibility index (Phi) is 4.29. The van der Waals surface area contributed by atoms with Crippen molar-refractivity contribution in [1.82, 2.24) is 4.90 Å². The first kappa shape index (κ1) is 15.7. The highest BCUT2D eigenvalue weighted by atomic mass is 16.4. The fraction of sp³-hybridized carbons (Fsp3) is 0.167. The maximum atomic E-state index is 12.4. The van der Waals surface area contributed by atoms with Gasteiger partial charge >= 0.3 is 5.97 Å². The van der Waals surface area contributed by atoms with Crippen LogP contribution in [0.4, 0.5) is 5.69 Å². The van der Waals surface area contributed by atoms with Crippen molar-refractivity contribution in [3.05, 3.63) is 65.7 Å². The number of aromatic carboxylic acids is 1. The van der Waals surface area contributed by atoms with E-state index in [-0.39, 0.29) is 30.3 Å². The number of likely N-dealkylation sites (tertiary alicyclic amines) is 1. The summed E-state index contributed by atoms with van der Waals surface area (Å²) in [4.78, 5) is 36.7. The molecule has 1 atom stereocenters. The van der Waals surface area contributed by atoms with Gasteiger partial charge in [-0.05, 0) is 29.8 Å². The minimum Gasteiger partial charge on any atom is -0.478 e. The predicted octanol–water partition coefficient (Wildman–Crippen LogP) is 2.12. The minimum absolute atomic E-state index is 0.0896. The van der Waals surface area contributed by atoms with Crippen molar-refractivity contribution in [3.63, 3.8) is 0 Å². The number of carboxylic acids is 1. The summed E-state index contributed by atoms with van der Waals surface area (Å²) in [6.45, 7) is 0.259. The lowest BCUT2D eigenvalue weighted by Crippen LogP contribution is -2.34. The van der Waals surface area contributed by atoms with E-state index in [1.807, 2.05) is 30.3 Å². The van der Waals surface area contributed by atoms with E-state index in [0.29, 0.717) is 5.69 Å². The van der Waals surface area contributed by atoms with E-state index in [9.17, 15) is 14.4 Å². The third-order valence-electron chi connectivity index (χ3n) is 3.90. The number of imide groups is 1. The van der Waals surface area contributed by atoms with Crippen LogP contribution in [0, 0.1) is 0 Å². The SMILES string of the molecule is O=C(O)c1ccc(N[C@@H]2CC(=O)N(Cc3ccccc3)C2=O)cc1. The Morgan fingerprint density at radius 2 is 1.75 bits per heavy atom. The van der Waals surface area contributed by atoms with E-state index in [0.717, 1.165) is 5.56 Å². The number of nitrogens with one attached hydrogen (secondary N) is 1. The Morgan fingerprint density at radius 3 is 2.38 bits per heavy atom. The highest BCUT2D eigenvalue weighted by Gasteiger charge is 2.38. The van der Waals surface area contributed by atoms with Crippen LogP contribution in [-0.4, -0.2) is 33.8 Å². The number of amides is 2. The van der Waals surface area contributed by atoms with Gasteiger partial charge in [-0.15, -0.1) is 0 Å². The molecule has 0 bridgehead atoms. The number of carbonyl (C=O) groups is 3. The normalized spacial score (nSPS) is 17.2. The van der Waals surface area contributed by atoms with Gasteiger partial charge in [0.05, 0.1) is 18.5 Å². The summed E-state index contributed by atoms with van der Waals surface area (Å²) in [7, 11) is 0. The standard InChI is InChI=1S/C18H16N2O4/c21-16-10-15(19-14-8-6-13(7-9-14)18(23)24)17(22)20(16)11-12-4-2-1-3-5-12/h1-9,15,19H,10-11H2,(H,23,24)/t15-/m1/s1. The molecule has 2 aromatic carbocycles. The minimum atomic E-state index is -1.01. The number of benzene rings is 2. The Balaban J connectivity index is 1.68. The second kappa shape index (κ2) is 6.54. The highest BCUT2D eigenvalue weighted by Crippen LogP contribution is 2.21. The summed E-state index contributed by atoms with van der Waals surface area (Å²) < 4.78 is 0. The monoisotopic (exact) mass is 324 g/mol. The third-order valence-corrected chi connectivity index (χ3v) is 3.90. The molecule has 2 N–H and O–H groups in total. The molecule has 6 heteroatoms. The molecule has 0 unspecified atom stereocenters. The molecule has 3 rings (SSSR count). The van der Waals surface area contributed by atoms with E-state index >= 15 is 0 Å². The number of carboxylic acid groups (broad SMARTS) is 1. The average molecular weight is 324 g/mol. The van der Waals surface area contributed by atoms with Crippen molar-refractivity contribution >= 4 is 23.5 Å². The summed E-state index contributed by atoms with van der Waals surface area (Å²) >= 11 is 0. The molecule has 6 nitrogen and oxygen atoms in total. The van der Waals surface area contributed by atoms with Crippen LogP contribution in [0.1, 0.15) is 22.3 Å². The van der Waals surface area contributed by atoms with Crippen LogP contribution in [0.15, 0.2) is 54.6 Å². The Morgan fingerprint density at radius 1 is 1.08 bits per heavy atom. The molecule has 2 amide bonds. The number of hydrogen-bond donors (Lipinski definition) is 2. The zero-order valence-corrected chi connectivity index (χ0v) is 12.8. The first-order chi connectivity index (χ1) is 11.5. The van der Waals surface area contributed by atoms with Crippen LogP contribution in [-0.2, 0) is 16.1 Å². The molecule has 0 spiro atoms. The third kappa shape index (κ3) is 3.27. The van der Waals surface area contributed by atoms with E-state index in [1.54, 1.807) is 12.1 Å². The number of hydrogen-bond acceptors (Lipinski definition) is 4. The van der Waals surface area contributed by atoms with Crippen molar-refractivity contribution in [3.8, 4) is 0 Å². The Labute approximate surface area is 138 Å². The Bertz CT molecular complexity index is 771. The van der Waals surface area contributed by atoms with Crippen LogP contribution in [0.2, 0.25) is 0 Å². The summed E-state index contributed by atoms with van der Waals surface area (Å²) in [6.07, 6.45) is 0.0896. The summed E-state index contributed by atoms with van der Waals surface area (Å²) in [5, 5.41) is 11.9. The predicted molar refractivity (Wildman–Crippen MR) is 87.4 cm³/mol. The molecule has 1 heterocycles.